The van der Waals surface area contributed by atoms with Gasteiger partial charge in [-0.1, -0.05) is 0 Å². The fourth-order valence-corrected chi connectivity index (χ4v) is 2.16. The van der Waals surface area contributed by atoms with Crippen molar-refractivity contribution in [2.45, 2.75) is 6.92 Å². The molecule has 2 rings (SSSR count). The molecule has 23 heavy (non-hydrogen) atoms. The van der Waals surface area contributed by atoms with Crippen molar-refractivity contribution in [3.8, 4) is 0 Å². The molecule has 0 spiro atoms. The number of hydrogen-bond donors (Lipinski definition) is 2. The maximum atomic E-state index is 11.9. The van der Waals surface area contributed by atoms with E-state index in [1.807, 2.05) is 0 Å². The third-order valence-electron chi connectivity index (χ3n) is 3.32. The highest BCUT2D eigenvalue weighted by Gasteiger charge is 2.22. The van der Waals surface area contributed by atoms with Crippen LogP contribution in [0.1, 0.15) is 12.6 Å². The van der Waals surface area contributed by atoms with E-state index in [0.29, 0.717) is 31.9 Å². The number of carbonyl (C=O) groups excluding carboxylic acids is 1. The van der Waals surface area contributed by atoms with Crippen LogP contribution < -0.4 is 10.5 Å². The number of rotatable bonds is 4. The highest BCUT2D eigenvalue weighted by molar-refractivity contribution is 5.86. The van der Waals surface area contributed by atoms with Crippen molar-refractivity contribution < 1.29 is 19.4 Å². The van der Waals surface area contributed by atoms with Gasteiger partial charge in [-0.25, -0.2) is 14.6 Å². The lowest BCUT2D eigenvalue weighted by Gasteiger charge is -2.33. The molecule has 1 saturated heterocycles. The number of aromatic nitrogens is 2. The first-order chi connectivity index (χ1) is 11.0. The number of anilines is 1. The maximum Gasteiger partial charge on any atom is 0.407 e. The summed E-state index contributed by atoms with van der Waals surface area (Å²) < 4.78 is 4.77. The van der Waals surface area contributed by atoms with Crippen molar-refractivity contribution >= 4 is 24.0 Å². The van der Waals surface area contributed by atoms with Crippen LogP contribution in [-0.2, 0) is 9.53 Å². The zero-order valence-electron chi connectivity index (χ0n) is 12.7. The van der Waals surface area contributed by atoms with Crippen LogP contribution in [0.25, 0.3) is 6.08 Å². The van der Waals surface area contributed by atoms with Crippen LogP contribution in [-0.4, -0.2) is 64.8 Å². The summed E-state index contributed by atoms with van der Waals surface area (Å²) >= 11 is 0. The molecule has 9 heteroatoms. The Morgan fingerprint density at radius 3 is 2.70 bits per heavy atom. The van der Waals surface area contributed by atoms with Crippen LogP contribution >= 0.6 is 0 Å². The molecule has 2 N–H and O–H groups in total. The van der Waals surface area contributed by atoms with E-state index in [1.165, 1.54) is 23.2 Å². The van der Waals surface area contributed by atoms with Crippen LogP contribution in [0.4, 0.5) is 10.6 Å². The van der Waals surface area contributed by atoms with Crippen molar-refractivity contribution in [3.05, 3.63) is 28.3 Å². The highest BCUT2D eigenvalue weighted by atomic mass is 16.5. The average Bonchev–Trinajstić information content (AvgIpc) is 2.54. The summed E-state index contributed by atoms with van der Waals surface area (Å²) in [6.45, 7) is 3.36. The van der Waals surface area contributed by atoms with Crippen LogP contribution in [0.5, 0.6) is 0 Å². The number of aromatic amines is 1. The fourth-order valence-electron chi connectivity index (χ4n) is 2.16. The van der Waals surface area contributed by atoms with Crippen molar-refractivity contribution in [1.29, 1.82) is 0 Å². The number of H-pyrrole nitrogens is 1. The number of ether oxygens (including phenoxy) is 1. The molecule has 1 aromatic rings. The minimum Gasteiger partial charge on any atom is -0.465 e. The van der Waals surface area contributed by atoms with Crippen molar-refractivity contribution in [2.24, 2.45) is 0 Å². The van der Waals surface area contributed by atoms with Gasteiger partial charge in [-0.05, 0) is 13.0 Å². The molecule has 0 radical (unpaired) electrons. The number of esters is 1. The molecule has 124 valence electrons. The second kappa shape index (κ2) is 7.43. The lowest BCUT2D eigenvalue weighted by molar-refractivity contribution is -0.137. The summed E-state index contributed by atoms with van der Waals surface area (Å²) in [5, 5.41) is 8.93. The molecule has 1 fully saturated rings. The third-order valence-corrected chi connectivity index (χ3v) is 3.32. The van der Waals surface area contributed by atoms with Gasteiger partial charge in [-0.3, -0.25) is 4.79 Å². The van der Waals surface area contributed by atoms with Gasteiger partial charge in [-0.15, -0.1) is 0 Å². The molecule has 1 aromatic heterocycles. The normalized spacial score (nSPS) is 15.0. The molecule has 0 unspecified atom stereocenters. The van der Waals surface area contributed by atoms with E-state index in [4.69, 9.17) is 9.84 Å². The van der Waals surface area contributed by atoms with Gasteiger partial charge >= 0.3 is 12.1 Å². The zero-order chi connectivity index (χ0) is 16.8. The molecule has 9 nitrogen and oxygen atoms in total. The van der Waals surface area contributed by atoms with Gasteiger partial charge in [-0.2, -0.15) is 0 Å². The van der Waals surface area contributed by atoms with Crippen molar-refractivity contribution in [3.63, 3.8) is 0 Å². The van der Waals surface area contributed by atoms with E-state index in [0.717, 1.165) is 0 Å². The smallest absolute Gasteiger partial charge is 0.407 e. The largest absolute Gasteiger partial charge is 0.465 e. The SMILES string of the molecule is CCOC(=O)/C=C/c1c[nH]c(=O)c(N2CCN(C(=O)O)CC2)n1. The Balaban J connectivity index is 2.11. The molecule has 1 amide bonds. The van der Waals surface area contributed by atoms with Gasteiger partial charge in [0.05, 0.1) is 12.3 Å². The Labute approximate surface area is 132 Å². The van der Waals surface area contributed by atoms with E-state index in [9.17, 15) is 14.4 Å². The molecule has 0 bridgehead atoms. The Morgan fingerprint density at radius 1 is 1.39 bits per heavy atom. The number of hydrogen-bond acceptors (Lipinski definition) is 6. The predicted molar refractivity (Wildman–Crippen MR) is 82.3 cm³/mol. The molecule has 0 saturated carbocycles. The van der Waals surface area contributed by atoms with Crippen LogP contribution in [0.3, 0.4) is 0 Å². The first-order valence-electron chi connectivity index (χ1n) is 7.18. The second-order valence-corrected chi connectivity index (χ2v) is 4.82. The number of piperazine rings is 1. The number of nitrogens with one attached hydrogen (secondary N) is 1. The van der Waals surface area contributed by atoms with E-state index in [1.54, 1.807) is 11.8 Å². The second-order valence-electron chi connectivity index (χ2n) is 4.82. The van der Waals surface area contributed by atoms with E-state index in [-0.39, 0.29) is 18.0 Å². The molecule has 1 aliphatic rings. The zero-order valence-corrected chi connectivity index (χ0v) is 12.7. The summed E-state index contributed by atoms with van der Waals surface area (Å²) in [7, 11) is 0. The molecular weight excluding hydrogens is 304 g/mol. The van der Waals surface area contributed by atoms with Crippen LogP contribution in [0.2, 0.25) is 0 Å². The number of nitrogens with zero attached hydrogens (tertiary/aromatic N) is 3. The van der Waals surface area contributed by atoms with E-state index >= 15 is 0 Å². The van der Waals surface area contributed by atoms with Crippen molar-refractivity contribution in [2.75, 3.05) is 37.7 Å². The summed E-state index contributed by atoms with van der Waals surface area (Å²) in [6.07, 6.45) is 3.11. The number of carboxylic acid groups (broad SMARTS) is 1. The Bertz CT molecular complexity index is 661. The van der Waals surface area contributed by atoms with E-state index in [2.05, 4.69) is 9.97 Å². The Hall–Kier alpha value is -2.84. The van der Waals surface area contributed by atoms with Crippen molar-refractivity contribution in [1.82, 2.24) is 14.9 Å². The molecule has 2 heterocycles. The van der Waals surface area contributed by atoms with Gasteiger partial charge < -0.3 is 24.6 Å². The average molecular weight is 322 g/mol. The summed E-state index contributed by atoms with van der Waals surface area (Å²) in [5.41, 5.74) is 0.0513. The minimum absolute atomic E-state index is 0.209. The summed E-state index contributed by atoms with van der Waals surface area (Å²) in [4.78, 5) is 43.9. The third kappa shape index (κ3) is 4.31. The highest BCUT2D eigenvalue weighted by Crippen LogP contribution is 2.10. The molecular formula is C14H18N4O5. The first-order valence-corrected chi connectivity index (χ1v) is 7.18. The lowest BCUT2D eigenvalue weighted by atomic mass is 10.3. The number of carbonyl (C=O) groups is 2. The number of amides is 1. The van der Waals surface area contributed by atoms with Gasteiger partial charge in [0.25, 0.3) is 5.56 Å². The molecule has 0 aromatic carbocycles. The topological polar surface area (TPSA) is 116 Å². The minimum atomic E-state index is -0.974. The van der Waals surface area contributed by atoms with Crippen LogP contribution in [0, 0.1) is 0 Å². The molecule has 1 aliphatic heterocycles. The van der Waals surface area contributed by atoms with Gasteiger partial charge in [0.2, 0.25) is 0 Å². The summed E-state index contributed by atoms with van der Waals surface area (Å²) in [5.74, 6) is -0.279. The Morgan fingerprint density at radius 2 is 2.09 bits per heavy atom. The monoisotopic (exact) mass is 322 g/mol. The first kappa shape index (κ1) is 16.5. The van der Waals surface area contributed by atoms with Gasteiger partial charge in [0.1, 0.15) is 0 Å². The molecule has 0 atom stereocenters. The lowest BCUT2D eigenvalue weighted by Crippen LogP contribution is -2.49. The van der Waals surface area contributed by atoms with Gasteiger partial charge in [0.15, 0.2) is 5.82 Å². The van der Waals surface area contributed by atoms with Gasteiger partial charge in [0, 0.05) is 38.5 Å². The molecule has 0 aliphatic carbocycles. The Kier molecular flexibility index (Phi) is 5.34. The quantitative estimate of drug-likeness (QED) is 0.598. The van der Waals surface area contributed by atoms with Crippen LogP contribution in [0.15, 0.2) is 17.1 Å². The predicted octanol–water partition coefficient (Wildman–Crippen LogP) is 0.146. The standard InChI is InChI=1S/C14H18N4O5/c1-2-23-11(19)4-3-10-9-15-13(20)12(16-10)17-5-7-18(8-6-17)14(21)22/h3-4,9H,2,5-8H2,1H3,(H,15,20)(H,21,22)/b4-3+. The van der Waals surface area contributed by atoms with E-state index < -0.39 is 12.1 Å². The fraction of sp³-hybridized carbons (Fsp3) is 0.429. The maximum absolute atomic E-state index is 11.9. The summed E-state index contributed by atoms with van der Waals surface area (Å²) in [6, 6.07) is 0.